The van der Waals surface area contributed by atoms with Gasteiger partial charge in [-0.25, -0.2) is 8.42 Å². The van der Waals surface area contributed by atoms with Gasteiger partial charge < -0.3 is 4.74 Å². The van der Waals surface area contributed by atoms with E-state index in [2.05, 4.69) is 15.9 Å². The molecule has 118 valence electrons. The van der Waals surface area contributed by atoms with Crippen molar-refractivity contribution in [3.8, 4) is 0 Å². The third-order valence-corrected chi connectivity index (χ3v) is 5.85. The van der Waals surface area contributed by atoms with Crippen LogP contribution in [0.25, 0.3) is 0 Å². The molecule has 1 unspecified atom stereocenters. The monoisotopic (exact) mass is 395 g/mol. The average Bonchev–Trinajstić information content (AvgIpc) is 2.31. The van der Waals surface area contributed by atoms with Gasteiger partial charge in [-0.3, -0.25) is 4.31 Å². The normalized spacial score (nSPS) is 17.3. The molecule has 1 aliphatic carbocycles. The summed E-state index contributed by atoms with van der Waals surface area (Å²) in [4.78, 5) is 0. The highest BCUT2D eigenvalue weighted by Crippen LogP contribution is 2.35. The molecule has 0 aliphatic heterocycles. The van der Waals surface area contributed by atoms with Crippen LogP contribution in [0, 0.1) is 5.92 Å². The molecule has 4 nitrogen and oxygen atoms in total. The largest absolute Gasteiger partial charge is 0.379 e. The molecule has 2 rings (SSSR count). The van der Waals surface area contributed by atoms with E-state index in [1.807, 2.05) is 0 Å². The van der Waals surface area contributed by atoms with Crippen molar-refractivity contribution in [1.82, 2.24) is 0 Å². The van der Waals surface area contributed by atoms with E-state index in [1.165, 1.54) is 17.0 Å². The lowest BCUT2D eigenvalue weighted by molar-refractivity contribution is 0.0267. The maximum Gasteiger partial charge on any atom is 0.232 e. The van der Waals surface area contributed by atoms with Crippen LogP contribution in [-0.2, 0) is 14.8 Å². The van der Waals surface area contributed by atoms with E-state index in [9.17, 15) is 8.42 Å². The SMILES string of the molecule is COC(CN(c1ccc(Br)cc1Cl)S(C)(=O)=O)C1CCC1. The van der Waals surface area contributed by atoms with Gasteiger partial charge in [0.2, 0.25) is 10.0 Å². The summed E-state index contributed by atoms with van der Waals surface area (Å²) in [6.07, 6.45) is 4.45. The number of methoxy groups -OCH3 is 1. The number of rotatable bonds is 6. The van der Waals surface area contributed by atoms with E-state index in [-0.39, 0.29) is 6.10 Å². The summed E-state index contributed by atoms with van der Waals surface area (Å²) >= 11 is 9.53. The Balaban J connectivity index is 2.30. The molecule has 0 saturated heterocycles. The molecule has 21 heavy (non-hydrogen) atoms. The number of hydrogen-bond acceptors (Lipinski definition) is 3. The van der Waals surface area contributed by atoms with Gasteiger partial charge in [-0.15, -0.1) is 0 Å². The second-order valence-corrected chi connectivity index (χ2v) is 8.58. The molecule has 0 amide bonds. The van der Waals surface area contributed by atoms with Crippen molar-refractivity contribution >= 4 is 43.2 Å². The topological polar surface area (TPSA) is 46.6 Å². The Morgan fingerprint density at radius 1 is 1.48 bits per heavy atom. The van der Waals surface area contributed by atoms with Crippen molar-refractivity contribution in [1.29, 1.82) is 0 Å². The molecule has 1 saturated carbocycles. The Morgan fingerprint density at radius 3 is 2.57 bits per heavy atom. The molecule has 0 spiro atoms. The fourth-order valence-electron chi connectivity index (χ4n) is 2.49. The Hall–Kier alpha value is -0.300. The minimum atomic E-state index is -3.42. The van der Waals surface area contributed by atoms with Crippen LogP contribution in [0.15, 0.2) is 22.7 Å². The molecule has 1 fully saturated rings. The maximum absolute atomic E-state index is 12.1. The second-order valence-electron chi connectivity index (χ2n) is 5.35. The highest BCUT2D eigenvalue weighted by molar-refractivity contribution is 9.10. The van der Waals surface area contributed by atoms with Crippen molar-refractivity contribution in [3.63, 3.8) is 0 Å². The van der Waals surface area contributed by atoms with Gasteiger partial charge in [0.25, 0.3) is 0 Å². The predicted molar refractivity (Wildman–Crippen MR) is 89.5 cm³/mol. The number of ether oxygens (including phenoxy) is 1. The number of sulfonamides is 1. The summed E-state index contributed by atoms with van der Waals surface area (Å²) in [6.45, 7) is 0.293. The second kappa shape index (κ2) is 6.86. The lowest BCUT2D eigenvalue weighted by Gasteiger charge is -2.36. The molecule has 0 radical (unpaired) electrons. The van der Waals surface area contributed by atoms with Crippen LogP contribution in [0.2, 0.25) is 5.02 Å². The van der Waals surface area contributed by atoms with Gasteiger partial charge in [0.05, 0.1) is 29.6 Å². The van der Waals surface area contributed by atoms with Gasteiger partial charge in [-0.1, -0.05) is 34.0 Å². The van der Waals surface area contributed by atoms with Gasteiger partial charge >= 0.3 is 0 Å². The zero-order chi connectivity index (χ0) is 15.6. The minimum Gasteiger partial charge on any atom is -0.379 e. The van der Waals surface area contributed by atoms with E-state index in [0.29, 0.717) is 23.2 Å². The Bertz CT molecular complexity index is 604. The summed E-state index contributed by atoms with van der Waals surface area (Å²) in [5.74, 6) is 0.425. The number of hydrogen-bond donors (Lipinski definition) is 0. The molecule has 1 atom stereocenters. The van der Waals surface area contributed by atoms with E-state index in [0.717, 1.165) is 17.3 Å². The maximum atomic E-state index is 12.1. The highest BCUT2D eigenvalue weighted by atomic mass is 79.9. The molecule has 1 aliphatic rings. The van der Waals surface area contributed by atoms with E-state index < -0.39 is 10.0 Å². The van der Waals surface area contributed by atoms with Crippen LogP contribution in [0.4, 0.5) is 5.69 Å². The van der Waals surface area contributed by atoms with Crippen LogP contribution in [0.5, 0.6) is 0 Å². The molecule has 1 aromatic carbocycles. The van der Waals surface area contributed by atoms with Crippen LogP contribution in [0.1, 0.15) is 19.3 Å². The lowest BCUT2D eigenvalue weighted by Crippen LogP contribution is -2.42. The molecule has 0 N–H and O–H groups in total. The third kappa shape index (κ3) is 4.12. The summed E-state index contributed by atoms with van der Waals surface area (Å²) < 4.78 is 32.0. The highest BCUT2D eigenvalue weighted by Gasteiger charge is 2.32. The lowest BCUT2D eigenvalue weighted by atomic mass is 9.81. The van der Waals surface area contributed by atoms with E-state index in [4.69, 9.17) is 16.3 Å². The zero-order valence-electron chi connectivity index (χ0n) is 12.1. The Morgan fingerprint density at radius 2 is 2.14 bits per heavy atom. The zero-order valence-corrected chi connectivity index (χ0v) is 15.2. The first-order valence-electron chi connectivity index (χ1n) is 6.78. The van der Waals surface area contributed by atoms with E-state index >= 15 is 0 Å². The molecule has 0 heterocycles. The first kappa shape index (κ1) is 17.1. The standard InChI is InChI=1S/C14H19BrClNO3S/c1-20-14(10-4-3-5-10)9-17(21(2,18)19)13-7-6-11(15)8-12(13)16/h6-8,10,14H,3-5,9H2,1-2H3. The van der Waals surface area contributed by atoms with Crippen molar-refractivity contribution < 1.29 is 13.2 Å². The Kier molecular flexibility index (Phi) is 5.57. The van der Waals surface area contributed by atoms with Gasteiger partial charge in [0, 0.05) is 11.6 Å². The summed E-state index contributed by atoms with van der Waals surface area (Å²) in [6, 6.07) is 5.19. The molecule has 0 aromatic heterocycles. The third-order valence-electron chi connectivity index (χ3n) is 3.90. The number of anilines is 1. The minimum absolute atomic E-state index is 0.104. The first-order valence-corrected chi connectivity index (χ1v) is 9.80. The molecular formula is C14H19BrClNO3S. The number of halogens is 2. The van der Waals surface area contributed by atoms with Crippen LogP contribution < -0.4 is 4.31 Å². The fraction of sp³-hybridized carbons (Fsp3) is 0.571. The molecule has 0 bridgehead atoms. The quantitative estimate of drug-likeness (QED) is 0.737. The van der Waals surface area contributed by atoms with Crippen molar-refractivity contribution in [2.45, 2.75) is 25.4 Å². The predicted octanol–water partition coefficient (Wildman–Crippen LogP) is 3.68. The fourth-order valence-corrected chi connectivity index (χ4v) is 4.25. The van der Waals surface area contributed by atoms with Gasteiger partial charge in [0.1, 0.15) is 0 Å². The van der Waals surface area contributed by atoms with Crippen LogP contribution >= 0.6 is 27.5 Å². The van der Waals surface area contributed by atoms with Crippen molar-refractivity contribution in [2.75, 3.05) is 24.2 Å². The molecule has 1 aromatic rings. The van der Waals surface area contributed by atoms with E-state index in [1.54, 1.807) is 25.3 Å². The van der Waals surface area contributed by atoms with Crippen LogP contribution in [0.3, 0.4) is 0 Å². The van der Waals surface area contributed by atoms with Gasteiger partial charge in [-0.05, 0) is 37.0 Å². The van der Waals surface area contributed by atoms with Gasteiger partial charge in [-0.2, -0.15) is 0 Å². The summed E-state index contributed by atoms with van der Waals surface area (Å²) in [7, 11) is -1.79. The summed E-state index contributed by atoms with van der Waals surface area (Å²) in [5.41, 5.74) is 0.490. The van der Waals surface area contributed by atoms with Crippen molar-refractivity contribution in [2.24, 2.45) is 5.92 Å². The van der Waals surface area contributed by atoms with Crippen LogP contribution in [-0.4, -0.2) is 34.4 Å². The summed E-state index contributed by atoms with van der Waals surface area (Å²) in [5, 5.41) is 0.401. The first-order chi connectivity index (χ1) is 9.82. The number of nitrogens with zero attached hydrogens (tertiary/aromatic N) is 1. The molecular weight excluding hydrogens is 378 g/mol. The van der Waals surface area contributed by atoms with Crippen molar-refractivity contribution in [3.05, 3.63) is 27.7 Å². The smallest absolute Gasteiger partial charge is 0.232 e. The van der Waals surface area contributed by atoms with Gasteiger partial charge in [0.15, 0.2) is 0 Å². The average molecular weight is 397 g/mol. The Labute approximate surface area is 139 Å². The molecule has 7 heteroatoms. The number of benzene rings is 1.